The summed E-state index contributed by atoms with van der Waals surface area (Å²) in [6.07, 6.45) is 4.47. The average Bonchev–Trinajstić information content (AvgIpc) is 2.59. The van der Waals surface area contributed by atoms with Crippen molar-refractivity contribution in [1.82, 2.24) is 0 Å². The number of unbranched alkanes of at least 4 members (excludes halogenated alkanes) is 2. The van der Waals surface area contributed by atoms with E-state index in [-0.39, 0.29) is 5.92 Å². The summed E-state index contributed by atoms with van der Waals surface area (Å²) in [4.78, 5) is 22.5. The molecule has 126 valence electrons. The van der Waals surface area contributed by atoms with Gasteiger partial charge in [0.1, 0.15) is 0 Å². The van der Waals surface area contributed by atoms with Crippen molar-refractivity contribution in [3.8, 4) is 0 Å². The first kappa shape index (κ1) is 17.7. The summed E-state index contributed by atoms with van der Waals surface area (Å²) in [5.41, 5.74) is 13.9. The number of primary amides is 2. The first-order valence-electron chi connectivity index (χ1n) is 8.32. The van der Waals surface area contributed by atoms with Crippen molar-refractivity contribution in [1.29, 1.82) is 0 Å². The van der Waals surface area contributed by atoms with Crippen LogP contribution in [-0.2, 0) is 0 Å². The molecular formula is C20H24N2O2. The van der Waals surface area contributed by atoms with Gasteiger partial charge in [-0.1, -0.05) is 50.5 Å². The molecule has 0 heterocycles. The van der Waals surface area contributed by atoms with Crippen LogP contribution in [-0.4, -0.2) is 11.8 Å². The predicted molar refractivity (Wildman–Crippen MR) is 95.9 cm³/mol. The van der Waals surface area contributed by atoms with E-state index in [9.17, 15) is 9.59 Å². The van der Waals surface area contributed by atoms with Gasteiger partial charge in [-0.15, -0.1) is 0 Å². The molecule has 4 N–H and O–H groups in total. The zero-order valence-electron chi connectivity index (χ0n) is 14.0. The molecule has 0 spiro atoms. The number of benzene rings is 2. The molecule has 2 aromatic carbocycles. The molecule has 0 bridgehead atoms. The molecule has 2 aromatic rings. The van der Waals surface area contributed by atoms with Gasteiger partial charge < -0.3 is 11.5 Å². The maximum Gasteiger partial charge on any atom is 0.248 e. The lowest BCUT2D eigenvalue weighted by Gasteiger charge is -2.18. The molecule has 2 rings (SSSR count). The smallest absolute Gasteiger partial charge is 0.248 e. The quantitative estimate of drug-likeness (QED) is 0.727. The molecular weight excluding hydrogens is 300 g/mol. The number of hydrogen-bond acceptors (Lipinski definition) is 2. The minimum atomic E-state index is -0.421. The molecule has 0 radical (unpaired) electrons. The lowest BCUT2D eigenvalue weighted by molar-refractivity contribution is 0.0992. The van der Waals surface area contributed by atoms with Gasteiger partial charge in [-0.25, -0.2) is 0 Å². The average molecular weight is 324 g/mol. The zero-order chi connectivity index (χ0) is 17.5. The van der Waals surface area contributed by atoms with Crippen LogP contribution in [0.4, 0.5) is 0 Å². The van der Waals surface area contributed by atoms with E-state index in [2.05, 4.69) is 6.92 Å². The molecule has 0 aliphatic heterocycles. The summed E-state index contributed by atoms with van der Waals surface area (Å²) >= 11 is 0. The first-order chi connectivity index (χ1) is 11.5. The fraction of sp³-hybridized carbons (Fsp3) is 0.300. The lowest BCUT2D eigenvalue weighted by Crippen LogP contribution is -2.12. The number of amides is 2. The number of carbonyl (C=O) groups excluding carboxylic acids is 2. The Morgan fingerprint density at radius 1 is 0.792 bits per heavy atom. The first-order valence-corrected chi connectivity index (χ1v) is 8.32. The second kappa shape index (κ2) is 8.29. The highest BCUT2D eigenvalue weighted by Gasteiger charge is 2.15. The van der Waals surface area contributed by atoms with Crippen LogP contribution in [0.15, 0.2) is 48.5 Å². The predicted octanol–water partition coefficient (Wildman–Crippen LogP) is 3.60. The minimum Gasteiger partial charge on any atom is -0.366 e. The Morgan fingerprint density at radius 3 is 1.54 bits per heavy atom. The maximum absolute atomic E-state index is 11.2. The Morgan fingerprint density at radius 2 is 1.21 bits per heavy atom. The Balaban J connectivity index is 2.29. The van der Waals surface area contributed by atoms with Crippen LogP contribution in [0.25, 0.3) is 0 Å². The van der Waals surface area contributed by atoms with Crippen molar-refractivity contribution in [3.05, 3.63) is 70.8 Å². The number of hydrogen-bond donors (Lipinski definition) is 2. The molecule has 0 fully saturated rings. The van der Waals surface area contributed by atoms with E-state index in [1.54, 1.807) is 24.3 Å². The van der Waals surface area contributed by atoms with Crippen molar-refractivity contribution < 1.29 is 9.59 Å². The van der Waals surface area contributed by atoms with Gasteiger partial charge in [0.15, 0.2) is 0 Å². The molecule has 0 aliphatic rings. The van der Waals surface area contributed by atoms with Gasteiger partial charge in [-0.3, -0.25) is 9.59 Å². The largest absolute Gasteiger partial charge is 0.366 e. The number of nitrogens with two attached hydrogens (primary N) is 2. The normalized spacial score (nSPS) is 10.8. The molecule has 0 saturated carbocycles. The van der Waals surface area contributed by atoms with Crippen LogP contribution in [0.3, 0.4) is 0 Å². The standard InChI is InChI=1S/C20H24N2O2/c1-2-3-4-5-18(14-6-10-16(11-7-14)19(21)23)15-8-12-17(13-9-15)20(22)24/h6-13,18H,2-5H2,1H3,(H2,21,23)(H2,22,24). The van der Waals surface area contributed by atoms with Gasteiger partial charge in [-0.2, -0.15) is 0 Å². The molecule has 24 heavy (non-hydrogen) atoms. The third-order valence-corrected chi connectivity index (χ3v) is 4.29. The molecule has 4 heteroatoms. The SMILES string of the molecule is CCCCCC(c1ccc(C(N)=O)cc1)c1ccc(C(N)=O)cc1. The van der Waals surface area contributed by atoms with Gasteiger partial charge >= 0.3 is 0 Å². The molecule has 0 aliphatic carbocycles. The van der Waals surface area contributed by atoms with E-state index in [0.717, 1.165) is 30.4 Å². The van der Waals surface area contributed by atoms with E-state index in [1.165, 1.54) is 6.42 Å². The summed E-state index contributed by atoms with van der Waals surface area (Å²) < 4.78 is 0. The fourth-order valence-corrected chi connectivity index (χ4v) is 2.88. The van der Waals surface area contributed by atoms with Gasteiger partial charge in [-0.05, 0) is 41.8 Å². The summed E-state index contributed by atoms with van der Waals surface area (Å²) in [7, 11) is 0. The second-order valence-corrected chi connectivity index (χ2v) is 6.02. The minimum absolute atomic E-state index is 0.223. The van der Waals surface area contributed by atoms with Crippen LogP contribution in [0.5, 0.6) is 0 Å². The van der Waals surface area contributed by atoms with Gasteiger partial charge in [0, 0.05) is 17.0 Å². The van der Waals surface area contributed by atoms with E-state index >= 15 is 0 Å². The Bertz CT molecular complexity index is 633. The van der Waals surface area contributed by atoms with Crippen molar-refractivity contribution in [3.63, 3.8) is 0 Å². The van der Waals surface area contributed by atoms with Crippen molar-refractivity contribution in [2.75, 3.05) is 0 Å². The highest BCUT2D eigenvalue weighted by molar-refractivity contribution is 5.93. The van der Waals surface area contributed by atoms with E-state index < -0.39 is 11.8 Å². The van der Waals surface area contributed by atoms with E-state index in [0.29, 0.717) is 11.1 Å². The van der Waals surface area contributed by atoms with Crippen LogP contribution >= 0.6 is 0 Å². The van der Waals surface area contributed by atoms with Crippen LogP contribution in [0.1, 0.15) is 70.4 Å². The zero-order valence-corrected chi connectivity index (χ0v) is 14.0. The van der Waals surface area contributed by atoms with Gasteiger partial charge in [0.25, 0.3) is 0 Å². The summed E-state index contributed by atoms with van der Waals surface area (Å²) in [5.74, 6) is -0.620. The Labute approximate surface area is 142 Å². The third kappa shape index (κ3) is 4.44. The highest BCUT2D eigenvalue weighted by Crippen LogP contribution is 2.30. The summed E-state index contributed by atoms with van der Waals surface area (Å²) in [6, 6.07) is 14.9. The monoisotopic (exact) mass is 324 g/mol. The maximum atomic E-state index is 11.2. The van der Waals surface area contributed by atoms with Crippen molar-refractivity contribution in [2.24, 2.45) is 11.5 Å². The van der Waals surface area contributed by atoms with Crippen molar-refractivity contribution in [2.45, 2.75) is 38.5 Å². The van der Waals surface area contributed by atoms with Gasteiger partial charge in [0.05, 0.1) is 0 Å². The van der Waals surface area contributed by atoms with Crippen LogP contribution in [0.2, 0.25) is 0 Å². The molecule has 2 amide bonds. The lowest BCUT2D eigenvalue weighted by atomic mass is 9.86. The summed E-state index contributed by atoms with van der Waals surface area (Å²) in [6.45, 7) is 2.18. The van der Waals surface area contributed by atoms with Crippen LogP contribution < -0.4 is 11.5 Å². The molecule has 0 unspecified atom stereocenters. The molecule has 0 saturated heterocycles. The molecule has 4 nitrogen and oxygen atoms in total. The van der Waals surface area contributed by atoms with Crippen molar-refractivity contribution >= 4 is 11.8 Å². The Kier molecular flexibility index (Phi) is 6.13. The van der Waals surface area contributed by atoms with Gasteiger partial charge in [0.2, 0.25) is 11.8 Å². The number of carbonyl (C=O) groups is 2. The number of rotatable bonds is 8. The third-order valence-electron chi connectivity index (χ3n) is 4.29. The summed E-state index contributed by atoms with van der Waals surface area (Å²) in [5, 5.41) is 0. The van der Waals surface area contributed by atoms with E-state index in [1.807, 2.05) is 24.3 Å². The topological polar surface area (TPSA) is 86.2 Å². The van der Waals surface area contributed by atoms with Crippen LogP contribution in [0, 0.1) is 0 Å². The molecule has 0 aromatic heterocycles. The van der Waals surface area contributed by atoms with E-state index in [4.69, 9.17) is 11.5 Å². The highest BCUT2D eigenvalue weighted by atomic mass is 16.1. The molecule has 0 atom stereocenters. The second-order valence-electron chi connectivity index (χ2n) is 6.02. The Hall–Kier alpha value is -2.62. The fourth-order valence-electron chi connectivity index (χ4n) is 2.88.